The Morgan fingerprint density at radius 1 is 1.82 bits per heavy atom. The second-order valence-electron chi connectivity index (χ2n) is 2.60. The molecule has 1 heterocycles. The number of carbonyl (C=O) groups excluding carboxylic acids is 1. The van der Waals surface area contributed by atoms with E-state index in [1.807, 2.05) is 6.07 Å². The summed E-state index contributed by atoms with van der Waals surface area (Å²) < 4.78 is 0. The topological polar surface area (TPSA) is 52.9 Å². The van der Waals surface area contributed by atoms with Crippen molar-refractivity contribution >= 4 is 17.4 Å². The van der Waals surface area contributed by atoms with Crippen molar-refractivity contribution in [2.75, 3.05) is 12.4 Å². The zero-order valence-corrected chi connectivity index (χ0v) is 6.82. The molecule has 3 nitrogen and oxygen atoms in total. The molecule has 11 heavy (non-hydrogen) atoms. The molecule has 0 bridgehead atoms. The lowest BCUT2D eigenvalue weighted by molar-refractivity contribution is -0.120. The summed E-state index contributed by atoms with van der Waals surface area (Å²) in [5.41, 5.74) is -0.970. The van der Waals surface area contributed by atoms with Crippen molar-refractivity contribution < 1.29 is 4.79 Å². The normalized spacial score (nSPS) is 29.8. The summed E-state index contributed by atoms with van der Waals surface area (Å²) in [5.74, 6) is -0.292. The number of nitrogens with one attached hydrogen (secondary N) is 1. The van der Waals surface area contributed by atoms with Gasteiger partial charge in [-0.05, 0) is 19.4 Å². The summed E-state index contributed by atoms with van der Waals surface area (Å²) in [4.78, 5) is 11.2. The molecule has 1 N–H and O–H groups in total. The van der Waals surface area contributed by atoms with Crippen LogP contribution in [0.25, 0.3) is 0 Å². The van der Waals surface area contributed by atoms with Crippen LogP contribution in [0.5, 0.6) is 0 Å². The highest BCUT2D eigenvalue weighted by atomic mass is 35.5. The molecule has 0 aromatic carbocycles. The number of nitrogens with zero attached hydrogens (tertiary/aromatic N) is 1. The van der Waals surface area contributed by atoms with Gasteiger partial charge in [-0.15, -0.1) is 11.6 Å². The predicted molar refractivity (Wildman–Crippen MR) is 41.3 cm³/mol. The van der Waals surface area contributed by atoms with Crippen LogP contribution in [0.4, 0.5) is 0 Å². The maximum atomic E-state index is 11.2. The van der Waals surface area contributed by atoms with E-state index >= 15 is 0 Å². The van der Waals surface area contributed by atoms with Crippen LogP contribution >= 0.6 is 11.6 Å². The number of carbonyl (C=O) groups is 1. The Balaban J connectivity index is 2.76. The zero-order chi connectivity index (χ0) is 8.32. The Labute approximate surface area is 70.3 Å². The Morgan fingerprint density at radius 3 is 2.91 bits per heavy atom. The molecule has 0 radical (unpaired) electrons. The molecule has 1 aliphatic rings. The molecule has 0 aromatic rings. The molecular weight excluding hydrogens is 164 g/mol. The third-order valence-corrected chi connectivity index (χ3v) is 2.19. The number of nitriles is 1. The van der Waals surface area contributed by atoms with E-state index in [0.29, 0.717) is 6.42 Å². The maximum Gasteiger partial charge on any atom is 0.182 e. The molecule has 1 fully saturated rings. The second-order valence-corrected chi connectivity index (χ2v) is 2.87. The molecule has 0 amide bonds. The number of rotatable bonds is 2. The molecule has 1 saturated heterocycles. The highest BCUT2D eigenvalue weighted by Gasteiger charge is 2.40. The van der Waals surface area contributed by atoms with Gasteiger partial charge in [-0.3, -0.25) is 10.1 Å². The number of hydrogen-bond acceptors (Lipinski definition) is 3. The fourth-order valence-electron chi connectivity index (χ4n) is 1.25. The molecule has 60 valence electrons. The molecule has 0 aromatic heterocycles. The molecule has 1 rings (SSSR count). The van der Waals surface area contributed by atoms with E-state index in [-0.39, 0.29) is 11.7 Å². The van der Waals surface area contributed by atoms with Crippen LogP contribution in [0.15, 0.2) is 0 Å². The highest BCUT2D eigenvalue weighted by molar-refractivity contribution is 6.29. The summed E-state index contributed by atoms with van der Waals surface area (Å²) in [6, 6.07) is 1.98. The van der Waals surface area contributed by atoms with Gasteiger partial charge in [-0.2, -0.15) is 5.26 Å². The first kappa shape index (κ1) is 8.51. The van der Waals surface area contributed by atoms with Crippen LogP contribution in [-0.4, -0.2) is 23.7 Å². The van der Waals surface area contributed by atoms with Crippen LogP contribution in [0.3, 0.4) is 0 Å². The molecule has 0 saturated carbocycles. The molecule has 1 atom stereocenters. The fourth-order valence-corrected chi connectivity index (χ4v) is 1.48. The van der Waals surface area contributed by atoms with Crippen molar-refractivity contribution in [3.05, 3.63) is 0 Å². The molecule has 0 unspecified atom stereocenters. The van der Waals surface area contributed by atoms with Gasteiger partial charge in [0.2, 0.25) is 0 Å². The number of ketones is 1. The molecule has 4 heteroatoms. The van der Waals surface area contributed by atoms with Crippen molar-refractivity contribution in [2.45, 2.75) is 18.4 Å². The smallest absolute Gasteiger partial charge is 0.182 e. The summed E-state index contributed by atoms with van der Waals surface area (Å²) in [6.07, 6.45) is 1.46. The SMILES string of the molecule is N#C[C@]1(C(=O)CCl)CCCN1. The van der Waals surface area contributed by atoms with Gasteiger partial charge < -0.3 is 0 Å². The van der Waals surface area contributed by atoms with Gasteiger partial charge in [-0.25, -0.2) is 0 Å². The maximum absolute atomic E-state index is 11.2. The third-order valence-electron chi connectivity index (χ3n) is 1.94. The van der Waals surface area contributed by atoms with E-state index in [0.717, 1.165) is 13.0 Å². The average Bonchev–Trinajstić information content (AvgIpc) is 2.52. The van der Waals surface area contributed by atoms with Crippen LogP contribution in [-0.2, 0) is 4.79 Å². The number of alkyl halides is 1. The molecule has 0 spiro atoms. The van der Waals surface area contributed by atoms with Gasteiger partial charge in [0.1, 0.15) is 0 Å². The van der Waals surface area contributed by atoms with Crippen molar-refractivity contribution in [1.82, 2.24) is 5.32 Å². The summed E-state index contributed by atoms with van der Waals surface area (Å²) >= 11 is 5.36. The van der Waals surface area contributed by atoms with E-state index < -0.39 is 5.54 Å². The Bertz CT molecular complexity index is 203. The average molecular weight is 173 g/mol. The van der Waals surface area contributed by atoms with Crippen molar-refractivity contribution in [2.24, 2.45) is 0 Å². The number of Topliss-reactive ketones (excluding diaryl/α,β-unsaturated/α-hetero) is 1. The first-order valence-corrected chi connectivity index (χ1v) is 4.04. The summed E-state index contributed by atoms with van der Waals surface area (Å²) in [7, 11) is 0. The Kier molecular flexibility index (Phi) is 2.48. The standard InChI is InChI=1S/C7H9ClN2O/c8-4-6(11)7(5-9)2-1-3-10-7/h10H,1-4H2/t7-/m0/s1. The quantitative estimate of drug-likeness (QED) is 0.615. The predicted octanol–water partition coefficient (Wildman–Crippen LogP) is 0.440. The van der Waals surface area contributed by atoms with E-state index in [4.69, 9.17) is 16.9 Å². The second kappa shape index (κ2) is 3.21. The lowest BCUT2D eigenvalue weighted by Gasteiger charge is -2.16. The monoisotopic (exact) mass is 172 g/mol. The van der Waals surface area contributed by atoms with Crippen LogP contribution in [0, 0.1) is 11.3 Å². The largest absolute Gasteiger partial charge is 0.295 e. The minimum absolute atomic E-state index is 0.0828. The zero-order valence-electron chi connectivity index (χ0n) is 6.06. The highest BCUT2D eigenvalue weighted by Crippen LogP contribution is 2.19. The Hall–Kier alpha value is -0.590. The van der Waals surface area contributed by atoms with E-state index in [2.05, 4.69) is 5.32 Å². The summed E-state index contributed by atoms with van der Waals surface area (Å²) in [6.45, 7) is 0.732. The molecule has 1 aliphatic heterocycles. The van der Waals surface area contributed by atoms with Gasteiger partial charge in [-0.1, -0.05) is 0 Å². The van der Waals surface area contributed by atoms with Crippen LogP contribution < -0.4 is 5.32 Å². The van der Waals surface area contributed by atoms with Crippen LogP contribution in [0.2, 0.25) is 0 Å². The van der Waals surface area contributed by atoms with Crippen molar-refractivity contribution in [3.63, 3.8) is 0 Å². The van der Waals surface area contributed by atoms with Gasteiger partial charge in [0.15, 0.2) is 11.3 Å². The van der Waals surface area contributed by atoms with Gasteiger partial charge >= 0.3 is 0 Å². The minimum atomic E-state index is -0.970. The fraction of sp³-hybridized carbons (Fsp3) is 0.714. The first-order chi connectivity index (χ1) is 5.25. The van der Waals surface area contributed by atoms with Gasteiger partial charge in [0.25, 0.3) is 0 Å². The first-order valence-electron chi connectivity index (χ1n) is 3.51. The van der Waals surface area contributed by atoms with E-state index in [9.17, 15) is 4.79 Å². The minimum Gasteiger partial charge on any atom is -0.295 e. The Morgan fingerprint density at radius 2 is 2.55 bits per heavy atom. The van der Waals surface area contributed by atoms with Gasteiger partial charge in [0, 0.05) is 0 Å². The van der Waals surface area contributed by atoms with Crippen molar-refractivity contribution in [3.8, 4) is 6.07 Å². The molecule has 0 aliphatic carbocycles. The number of halogens is 1. The third kappa shape index (κ3) is 1.37. The molecular formula is C7H9ClN2O. The van der Waals surface area contributed by atoms with E-state index in [1.54, 1.807) is 0 Å². The van der Waals surface area contributed by atoms with Crippen molar-refractivity contribution in [1.29, 1.82) is 5.26 Å². The van der Waals surface area contributed by atoms with Crippen LogP contribution in [0.1, 0.15) is 12.8 Å². The van der Waals surface area contributed by atoms with E-state index in [1.165, 1.54) is 0 Å². The summed E-state index contributed by atoms with van der Waals surface area (Å²) in [5, 5.41) is 11.6. The lowest BCUT2D eigenvalue weighted by Crippen LogP contribution is -2.46. The number of hydrogen-bond donors (Lipinski definition) is 1. The lowest BCUT2D eigenvalue weighted by atomic mass is 9.95. The van der Waals surface area contributed by atoms with Gasteiger partial charge in [0.05, 0.1) is 11.9 Å².